The van der Waals surface area contributed by atoms with Crippen molar-refractivity contribution in [2.45, 2.75) is 234 Å². The summed E-state index contributed by atoms with van der Waals surface area (Å²) in [5.74, 6) is -4.76. The third kappa shape index (κ3) is 38.6. The number of hydrogen-bond donors (Lipinski definition) is 20. The van der Waals surface area contributed by atoms with Gasteiger partial charge >= 0.3 is 0 Å². The minimum absolute atomic E-state index is 0.0413. The highest BCUT2D eigenvalue weighted by Crippen LogP contribution is 2.29. The van der Waals surface area contributed by atoms with Crippen molar-refractivity contribution in [3.8, 4) is 0 Å². The molecule has 3 fully saturated rings. The third-order valence-corrected chi connectivity index (χ3v) is 17.6. The number of ether oxygens (including phenoxy) is 8. The van der Waals surface area contributed by atoms with Crippen LogP contribution in [0, 0.1) is 5.92 Å². The molecule has 2 saturated heterocycles. The average molecular weight is 1540 g/mol. The van der Waals surface area contributed by atoms with E-state index in [4.69, 9.17) is 37.9 Å². The minimum Gasteiger partial charge on any atom is -0.396 e. The summed E-state index contributed by atoms with van der Waals surface area (Å²) in [5.41, 5.74) is -1.48. The third-order valence-electron chi connectivity index (χ3n) is 17.6. The largest absolute Gasteiger partial charge is 0.396 e. The van der Waals surface area contributed by atoms with Gasteiger partial charge in [-0.25, -0.2) is 0 Å². The summed E-state index contributed by atoms with van der Waals surface area (Å²) < 4.78 is 46.4. The Morgan fingerprint density at radius 3 is 1.04 bits per heavy atom. The highest BCUT2D eigenvalue weighted by Gasteiger charge is 2.48. The average Bonchev–Trinajstić information content (AvgIpc) is 0.822. The van der Waals surface area contributed by atoms with Gasteiger partial charge in [0.2, 0.25) is 65.0 Å². The fraction of sp³-hybridized carbons (Fsp3) is 0.838. The van der Waals surface area contributed by atoms with Gasteiger partial charge < -0.3 is 142 Å². The van der Waals surface area contributed by atoms with E-state index in [1.165, 1.54) is 27.8 Å². The molecule has 11 amide bonds. The highest BCUT2D eigenvalue weighted by atomic mass is 16.7. The normalized spacial score (nSPS) is 24.7. The van der Waals surface area contributed by atoms with Gasteiger partial charge in [0.05, 0.1) is 71.1 Å². The van der Waals surface area contributed by atoms with Gasteiger partial charge in [0.15, 0.2) is 12.6 Å². The fourth-order valence-corrected chi connectivity index (χ4v) is 11.7. The Morgan fingerprint density at radius 2 is 0.692 bits per heavy atom. The first-order valence-electron chi connectivity index (χ1n) is 36.9. The summed E-state index contributed by atoms with van der Waals surface area (Å²) in [7, 11) is 1.46. The quantitative estimate of drug-likeness (QED) is 0.0252. The van der Waals surface area contributed by atoms with Crippen molar-refractivity contribution >= 4 is 65.0 Å². The smallest absolute Gasteiger partial charge is 0.222 e. The Bertz CT molecular complexity index is 2420. The molecule has 3 aliphatic rings. The molecule has 39 heteroatoms. The second kappa shape index (κ2) is 54.2. The Morgan fingerprint density at radius 1 is 0.364 bits per heavy atom. The zero-order chi connectivity index (χ0) is 79.1. The number of aliphatic hydroxyl groups is 9. The van der Waals surface area contributed by atoms with Crippen LogP contribution in [-0.2, 0) is 90.6 Å². The Kier molecular flexibility index (Phi) is 47.9. The van der Waals surface area contributed by atoms with Crippen LogP contribution >= 0.6 is 0 Å². The van der Waals surface area contributed by atoms with E-state index in [-0.39, 0.29) is 199 Å². The van der Waals surface area contributed by atoms with Crippen molar-refractivity contribution < 1.29 is 137 Å². The number of hydrogen-bond acceptors (Lipinski definition) is 28. The maximum absolute atomic E-state index is 13.6. The van der Waals surface area contributed by atoms with Crippen molar-refractivity contribution in [3.05, 3.63) is 0 Å². The van der Waals surface area contributed by atoms with E-state index in [1.54, 1.807) is 0 Å². The molecule has 15 atom stereocenters. The van der Waals surface area contributed by atoms with Crippen molar-refractivity contribution in [1.82, 2.24) is 58.5 Å². The van der Waals surface area contributed by atoms with E-state index in [1.807, 2.05) is 0 Å². The van der Waals surface area contributed by atoms with Crippen molar-refractivity contribution in [1.29, 1.82) is 0 Å². The second-order valence-corrected chi connectivity index (χ2v) is 26.7. The molecule has 0 aromatic carbocycles. The van der Waals surface area contributed by atoms with Crippen molar-refractivity contribution in [2.24, 2.45) is 5.92 Å². The van der Waals surface area contributed by atoms with Crippen LogP contribution < -0.4 is 58.5 Å². The summed E-state index contributed by atoms with van der Waals surface area (Å²) >= 11 is 0. The molecule has 0 aromatic heterocycles. The topological polar surface area (TPSA) is 576 Å². The molecule has 0 spiro atoms. The van der Waals surface area contributed by atoms with Crippen LogP contribution in [0.15, 0.2) is 0 Å². The number of unbranched alkanes of at least 4 members (excludes halogenated alkanes) is 3. The van der Waals surface area contributed by atoms with Gasteiger partial charge in [-0.2, -0.15) is 0 Å². The molecule has 2 aliphatic heterocycles. The lowest BCUT2D eigenvalue weighted by atomic mass is 9.79. The van der Waals surface area contributed by atoms with E-state index >= 15 is 0 Å². The standard InChI is InChI=1S/C68H121N11O28/c1-42(83)76-57-46(35-45(36-80)60(94)63(57)97)103-29-8-5-15-50(87)70-23-12-26-73-53(90)20-32-100-39-68(79-56(93)19-11-18-49(86)69-4,40-101-33-21-54(91)74-27-13-24-71-51(88)16-6-9-30-104-66-58(77-43(2)84)64(98)61(95)47(37-81)106-66)41-102-34-22-55(92)75-28-14-25-72-52(89)17-7-10-31-105-67-59(78-44(3)85)65(99)62(96)48(38-82)107-67/h45-48,57-67,80-82,94-99H,5-41H2,1-4H3,(H,69,86)(H,70,87)(H,71,88)(H,72,89)(H,73,90)(H,74,91)(H,75,92)(H,76,83)(H,77,84)(H,78,85)(H,79,93)/t45?,46-,47?,48?,57-,58+,59+,60+,61+,62+,63?,64?,65?,66-,67-,68?/m1/s1. The maximum atomic E-state index is 13.6. The summed E-state index contributed by atoms with van der Waals surface area (Å²) in [6.45, 7) is 2.53. The summed E-state index contributed by atoms with van der Waals surface area (Å²) in [6.07, 6.45) is -9.62. The first kappa shape index (κ1) is 94.7. The van der Waals surface area contributed by atoms with Crippen molar-refractivity contribution in [3.63, 3.8) is 0 Å². The summed E-state index contributed by atoms with van der Waals surface area (Å²) in [4.78, 5) is 137. The van der Waals surface area contributed by atoms with E-state index in [9.17, 15) is 98.7 Å². The molecule has 2 heterocycles. The molecule has 0 bridgehead atoms. The van der Waals surface area contributed by atoms with Crippen LogP contribution in [0.25, 0.3) is 0 Å². The molecule has 0 radical (unpaired) electrons. The SMILES string of the molecule is CNC(=O)CCCC(=O)NC(COCCC(=O)NCCCNC(=O)CCCCO[C@@H]1OC(CO)[C@H](O)C(O)[C@@H]1NC(C)=O)(COCCC(=O)NCCCNC(=O)CCCCO[C@@H]1OC(CO)[C@H](O)C(O)[C@@H]1NC(C)=O)COCCC(=O)NCCCNC(=O)CCCCO[C@@H]1CC(CO)[C@H](O)C(O)[C@@H]1NC(C)=O. The molecule has 1 saturated carbocycles. The number of carbonyl (C=O) groups is 11. The maximum Gasteiger partial charge on any atom is 0.222 e. The Hall–Kier alpha value is -6.51. The fourth-order valence-electron chi connectivity index (χ4n) is 11.7. The predicted molar refractivity (Wildman–Crippen MR) is 376 cm³/mol. The van der Waals surface area contributed by atoms with Crippen LogP contribution in [0.2, 0.25) is 0 Å². The van der Waals surface area contributed by atoms with Gasteiger partial charge in [0.25, 0.3) is 0 Å². The first-order valence-corrected chi connectivity index (χ1v) is 36.9. The van der Waals surface area contributed by atoms with Gasteiger partial charge in [-0.15, -0.1) is 0 Å². The van der Waals surface area contributed by atoms with Crippen LogP contribution in [0.5, 0.6) is 0 Å². The van der Waals surface area contributed by atoms with Crippen LogP contribution in [0.1, 0.15) is 143 Å². The first-order chi connectivity index (χ1) is 51.2. The number of amides is 11. The minimum atomic E-state index is -1.48. The zero-order valence-corrected chi connectivity index (χ0v) is 62.1. The van der Waals surface area contributed by atoms with Gasteiger partial charge in [0, 0.05) is 151 Å². The molecule has 6 unspecified atom stereocenters. The summed E-state index contributed by atoms with van der Waals surface area (Å²) in [6, 6.07) is -3.06. The number of nitrogens with one attached hydrogen (secondary N) is 11. The van der Waals surface area contributed by atoms with Crippen LogP contribution in [0.3, 0.4) is 0 Å². The highest BCUT2D eigenvalue weighted by molar-refractivity contribution is 5.80. The molecule has 616 valence electrons. The zero-order valence-electron chi connectivity index (χ0n) is 62.1. The Labute approximate surface area is 623 Å². The van der Waals surface area contributed by atoms with E-state index < -0.39 is 146 Å². The molecular formula is C68H121N11O28. The summed E-state index contributed by atoms with van der Waals surface area (Å²) in [5, 5.41) is 121. The van der Waals surface area contributed by atoms with E-state index in [0.29, 0.717) is 57.8 Å². The molecule has 3 rings (SSSR count). The number of aliphatic hydroxyl groups excluding tert-OH is 9. The molecule has 39 nitrogen and oxygen atoms in total. The lowest BCUT2D eigenvalue weighted by Crippen LogP contribution is -2.64. The monoisotopic (exact) mass is 1540 g/mol. The van der Waals surface area contributed by atoms with Gasteiger partial charge in [-0.1, -0.05) is 0 Å². The van der Waals surface area contributed by atoms with Gasteiger partial charge in [-0.05, 0) is 70.6 Å². The van der Waals surface area contributed by atoms with E-state index in [2.05, 4.69) is 58.5 Å². The lowest BCUT2D eigenvalue weighted by molar-refractivity contribution is -0.270. The Balaban J connectivity index is 1.50. The van der Waals surface area contributed by atoms with Crippen LogP contribution in [0.4, 0.5) is 0 Å². The molecule has 0 aromatic rings. The molecule has 107 heavy (non-hydrogen) atoms. The van der Waals surface area contributed by atoms with Gasteiger partial charge in [-0.3, -0.25) is 52.7 Å². The van der Waals surface area contributed by atoms with Crippen molar-refractivity contribution in [2.75, 3.05) is 126 Å². The molecule has 1 aliphatic carbocycles. The second-order valence-electron chi connectivity index (χ2n) is 26.7. The predicted octanol–water partition coefficient (Wildman–Crippen LogP) is -7.10. The number of rotatable bonds is 56. The van der Waals surface area contributed by atoms with Gasteiger partial charge in [0.1, 0.15) is 60.4 Å². The van der Waals surface area contributed by atoms with E-state index in [0.717, 1.165) is 0 Å². The molecule has 20 N–H and O–H groups in total. The molecular weight excluding hydrogens is 1420 g/mol. The van der Waals surface area contributed by atoms with Crippen LogP contribution in [-0.4, -0.2) is 328 Å². The number of carbonyl (C=O) groups excluding carboxylic acids is 11. The lowest BCUT2D eigenvalue weighted by Gasteiger charge is -2.42.